The van der Waals surface area contributed by atoms with E-state index < -0.39 is 0 Å². The van der Waals surface area contributed by atoms with Gasteiger partial charge >= 0.3 is 6.09 Å². The van der Waals surface area contributed by atoms with Crippen LogP contribution in [0.4, 0.5) is 4.79 Å². The lowest BCUT2D eigenvalue weighted by Crippen LogP contribution is -2.41. The molecule has 3 rings (SSSR count). The van der Waals surface area contributed by atoms with Gasteiger partial charge in [0.05, 0.1) is 0 Å². The average Bonchev–Trinajstić information content (AvgIpc) is 2.96. The SMILES string of the molecule is CC(C)[C@H](CSC(C)(C)C)NC(=O)OCC1c2ccccc2-c2ccccc21. The number of benzene rings is 2. The van der Waals surface area contributed by atoms with Crippen molar-refractivity contribution in [3.8, 4) is 11.1 Å². The summed E-state index contributed by atoms with van der Waals surface area (Å²) in [7, 11) is 0. The molecule has 0 aromatic heterocycles. The number of nitrogens with one attached hydrogen (secondary N) is 1. The summed E-state index contributed by atoms with van der Waals surface area (Å²) in [5, 5.41) is 3.08. The number of ether oxygens (including phenoxy) is 1. The molecule has 0 fully saturated rings. The normalized spacial score (nSPS) is 14.5. The number of thioether (sulfide) groups is 1. The van der Waals surface area contributed by atoms with Crippen LogP contribution in [-0.4, -0.2) is 29.2 Å². The van der Waals surface area contributed by atoms with Crippen molar-refractivity contribution >= 4 is 17.9 Å². The van der Waals surface area contributed by atoms with Crippen LogP contribution in [-0.2, 0) is 4.74 Å². The van der Waals surface area contributed by atoms with Crippen LogP contribution in [0.2, 0.25) is 0 Å². The van der Waals surface area contributed by atoms with Gasteiger partial charge in [-0.05, 0) is 28.2 Å². The molecule has 4 heteroatoms. The number of hydrogen-bond acceptors (Lipinski definition) is 3. The molecule has 28 heavy (non-hydrogen) atoms. The Morgan fingerprint density at radius 1 is 1.04 bits per heavy atom. The summed E-state index contributed by atoms with van der Waals surface area (Å²) in [5.41, 5.74) is 4.96. The number of alkyl carbamates (subject to hydrolysis) is 1. The van der Waals surface area contributed by atoms with Gasteiger partial charge in [0, 0.05) is 22.5 Å². The number of amides is 1. The largest absolute Gasteiger partial charge is 0.449 e. The maximum absolute atomic E-state index is 12.5. The van der Waals surface area contributed by atoms with Gasteiger partial charge in [-0.1, -0.05) is 83.1 Å². The van der Waals surface area contributed by atoms with E-state index in [2.05, 4.69) is 88.5 Å². The van der Waals surface area contributed by atoms with Gasteiger partial charge in [0.2, 0.25) is 0 Å². The van der Waals surface area contributed by atoms with Crippen LogP contribution in [0.15, 0.2) is 48.5 Å². The first kappa shape index (κ1) is 20.8. The Bertz CT molecular complexity index is 780. The van der Waals surface area contributed by atoms with Gasteiger partial charge in [0.1, 0.15) is 6.61 Å². The van der Waals surface area contributed by atoms with Gasteiger partial charge < -0.3 is 10.1 Å². The molecule has 0 bridgehead atoms. The number of hydrogen-bond donors (Lipinski definition) is 1. The molecular weight excluding hydrogens is 366 g/mol. The summed E-state index contributed by atoms with van der Waals surface area (Å²) >= 11 is 1.87. The molecule has 0 saturated heterocycles. The van der Waals surface area contributed by atoms with Gasteiger partial charge in [-0.25, -0.2) is 4.79 Å². The van der Waals surface area contributed by atoms with E-state index in [1.54, 1.807) is 0 Å². The van der Waals surface area contributed by atoms with E-state index in [9.17, 15) is 4.79 Å². The lowest BCUT2D eigenvalue weighted by atomic mass is 9.98. The predicted octanol–water partition coefficient (Wildman–Crippen LogP) is 6.08. The van der Waals surface area contributed by atoms with Gasteiger partial charge in [-0.2, -0.15) is 11.8 Å². The molecule has 0 aliphatic heterocycles. The van der Waals surface area contributed by atoms with Crippen molar-refractivity contribution in [2.45, 2.75) is 51.3 Å². The summed E-state index contributed by atoms with van der Waals surface area (Å²) in [5.74, 6) is 1.33. The highest BCUT2D eigenvalue weighted by molar-refractivity contribution is 8.00. The highest BCUT2D eigenvalue weighted by Crippen LogP contribution is 2.44. The molecule has 0 saturated carbocycles. The maximum Gasteiger partial charge on any atom is 0.407 e. The molecule has 1 aliphatic carbocycles. The summed E-state index contributed by atoms with van der Waals surface area (Å²) in [6.07, 6.45) is -0.324. The minimum absolute atomic E-state index is 0.0969. The molecule has 2 aromatic rings. The van der Waals surface area contributed by atoms with Gasteiger partial charge in [-0.15, -0.1) is 0 Å². The zero-order valence-corrected chi connectivity index (χ0v) is 18.3. The zero-order valence-electron chi connectivity index (χ0n) is 17.5. The third kappa shape index (κ3) is 4.91. The molecule has 1 amide bonds. The van der Waals surface area contributed by atoms with Crippen molar-refractivity contribution in [1.29, 1.82) is 0 Å². The molecule has 3 nitrogen and oxygen atoms in total. The summed E-state index contributed by atoms with van der Waals surface area (Å²) < 4.78 is 5.87. The summed E-state index contributed by atoms with van der Waals surface area (Å²) in [6.45, 7) is 11.2. The van der Waals surface area contributed by atoms with Crippen LogP contribution in [0.25, 0.3) is 11.1 Å². The molecular formula is C24H31NO2S. The highest BCUT2D eigenvalue weighted by atomic mass is 32.2. The molecule has 1 N–H and O–H groups in total. The number of rotatable bonds is 6. The fourth-order valence-electron chi connectivity index (χ4n) is 3.53. The number of carbonyl (C=O) groups is 1. The molecule has 0 radical (unpaired) electrons. The van der Waals surface area contributed by atoms with Crippen LogP contribution in [0.5, 0.6) is 0 Å². The Morgan fingerprint density at radius 3 is 2.07 bits per heavy atom. The quantitative estimate of drug-likeness (QED) is 0.642. The standard InChI is InChI=1S/C24H31NO2S/c1-16(2)22(15-28-24(3,4)5)25-23(26)27-14-21-19-12-8-6-10-17(19)18-11-7-9-13-20(18)21/h6-13,16,21-22H,14-15H2,1-5H3,(H,25,26)/t22-/m0/s1. The van der Waals surface area contributed by atoms with Gasteiger partial charge in [0.25, 0.3) is 0 Å². The Kier molecular flexibility index (Phi) is 6.39. The smallest absolute Gasteiger partial charge is 0.407 e. The maximum atomic E-state index is 12.5. The van der Waals surface area contributed by atoms with Crippen LogP contribution in [0.1, 0.15) is 51.7 Å². The fourth-order valence-corrected chi connectivity index (χ4v) is 4.68. The zero-order chi connectivity index (χ0) is 20.3. The lowest BCUT2D eigenvalue weighted by molar-refractivity contribution is 0.137. The van der Waals surface area contributed by atoms with Crippen LogP contribution in [0.3, 0.4) is 0 Å². The van der Waals surface area contributed by atoms with Crippen molar-refractivity contribution in [1.82, 2.24) is 5.32 Å². The minimum atomic E-state index is -0.324. The Morgan fingerprint density at radius 2 is 1.57 bits per heavy atom. The molecule has 1 atom stereocenters. The van der Waals surface area contributed by atoms with E-state index >= 15 is 0 Å². The first-order valence-electron chi connectivity index (χ1n) is 10.0. The van der Waals surface area contributed by atoms with E-state index in [1.165, 1.54) is 22.3 Å². The van der Waals surface area contributed by atoms with Gasteiger partial charge in [-0.3, -0.25) is 0 Å². The third-order valence-electron chi connectivity index (χ3n) is 5.15. The monoisotopic (exact) mass is 397 g/mol. The molecule has 150 valence electrons. The number of carbonyl (C=O) groups excluding carboxylic acids is 1. The summed E-state index contributed by atoms with van der Waals surface area (Å²) in [4.78, 5) is 12.5. The van der Waals surface area contributed by atoms with Gasteiger partial charge in [0.15, 0.2) is 0 Å². The summed E-state index contributed by atoms with van der Waals surface area (Å²) in [6, 6.07) is 16.9. The van der Waals surface area contributed by atoms with Crippen LogP contribution >= 0.6 is 11.8 Å². The third-order valence-corrected chi connectivity index (χ3v) is 6.54. The molecule has 2 aromatic carbocycles. The first-order chi connectivity index (χ1) is 13.3. The number of fused-ring (bicyclic) bond motifs is 3. The average molecular weight is 398 g/mol. The molecule has 0 unspecified atom stereocenters. The van der Waals surface area contributed by atoms with E-state index in [0.29, 0.717) is 12.5 Å². The first-order valence-corrected chi connectivity index (χ1v) is 11.0. The Hall–Kier alpha value is -1.94. The highest BCUT2D eigenvalue weighted by Gasteiger charge is 2.29. The fraction of sp³-hybridized carbons (Fsp3) is 0.458. The van der Waals surface area contributed by atoms with E-state index in [0.717, 1.165) is 5.75 Å². The molecule has 1 aliphatic rings. The van der Waals surface area contributed by atoms with Crippen molar-refractivity contribution in [3.05, 3.63) is 59.7 Å². The topological polar surface area (TPSA) is 38.3 Å². The second-order valence-electron chi connectivity index (χ2n) is 8.74. The predicted molar refractivity (Wildman–Crippen MR) is 119 cm³/mol. The Labute approximate surface area is 173 Å². The van der Waals surface area contributed by atoms with Crippen molar-refractivity contribution in [3.63, 3.8) is 0 Å². The van der Waals surface area contributed by atoms with Crippen molar-refractivity contribution < 1.29 is 9.53 Å². The molecule has 0 spiro atoms. The van der Waals surface area contributed by atoms with Crippen molar-refractivity contribution in [2.24, 2.45) is 5.92 Å². The van der Waals surface area contributed by atoms with Crippen LogP contribution in [0, 0.1) is 5.92 Å². The minimum Gasteiger partial charge on any atom is -0.449 e. The molecule has 0 heterocycles. The van der Waals surface area contributed by atoms with Crippen LogP contribution < -0.4 is 5.32 Å². The van der Waals surface area contributed by atoms with E-state index in [4.69, 9.17) is 4.74 Å². The second kappa shape index (κ2) is 8.60. The Balaban J connectivity index is 1.64. The van der Waals surface area contributed by atoms with E-state index in [-0.39, 0.29) is 22.8 Å². The van der Waals surface area contributed by atoms with E-state index in [1.807, 2.05) is 11.8 Å². The van der Waals surface area contributed by atoms with Crippen molar-refractivity contribution in [2.75, 3.05) is 12.4 Å². The second-order valence-corrected chi connectivity index (χ2v) is 10.6. The lowest BCUT2D eigenvalue weighted by Gasteiger charge is -2.26.